The first-order valence-electron chi connectivity index (χ1n) is 10.8. The summed E-state index contributed by atoms with van der Waals surface area (Å²) in [5.74, 6) is 1.91. The zero-order valence-electron chi connectivity index (χ0n) is 19.1. The van der Waals surface area contributed by atoms with E-state index in [1.807, 2.05) is 36.4 Å². The Morgan fingerprint density at radius 3 is 2.66 bits per heavy atom. The smallest absolute Gasteiger partial charge is 0.272 e. The third-order valence-electron chi connectivity index (χ3n) is 5.61. The quantitative estimate of drug-likeness (QED) is 0.164. The van der Waals surface area contributed by atoms with Gasteiger partial charge in [-0.3, -0.25) is 14.2 Å². The van der Waals surface area contributed by atoms with Crippen molar-refractivity contribution in [1.82, 2.24) is 14.5 Å². The number of fused-ring (bicyclic) bond motifs is 3. The lowest BCUT2D eigenvalue weighted by molar-refractivity contribution is 0.112. The molecule has 0 unspecified atom stereocenters. The SMILES string of the molecule is COc1ccc(Cn2c(SCc3cc(C=O)ccc3OC)nc3c(sc4ncccc43)c2=O)cc1. The first-order valence-corrected chi connectivity index (χ1v) is 12.6. The number of rotatable bonds is 8. The highest BCUT2D eigenvalue weighted by Crippen LogP contribution is 2.33. The molecule has 0 saturated carbocycles. The second-order valence-electron chi connectivity index (χ2n) is 7.75. The highest BCUT2D eigenvalue weighted by molar-refractivity contribution is 7.98. The van der Waals surface area contributed by atoms with E-state index in [4.69, 9.17) is 14.5 Å². The van der Waals surface area contributed by atoms with Gasteiger partial charge in [0.05, 0.1) is 26.3 Å². The largest absolute Gasteiger partial charge is 0.497 e. The number of aromatic nitrogens is 3. The number of hydrogen-bond acceptors (Lipinski definition) is 8. The highest BCUT2D eigenvalue weighted by Gasteiger charge is 2.18. The molecule has 0 bridgehead atoms. The molecule has 0 atom stereocenters. The number of carbonyl (C=O) groups excluding carboxylic acids is 1. The number of aldehydes is 1. The summed E-state index contributed by atoms with van der Waals surface area (Å²) in [4.78, 5) is 35.1. The van der Waals surface area contributed by atoms with Crippen molar-refractivity contribution < 1.29 is 14.3 Å². The fourth-order valence-corrected chi connectivity index (χ4v) is 5.83. The molecule has 0 aliphatic heterocycles. The van der Waals surface area contributed by atoms with E-state index in [2.05, 4.69) is 4.98 Å². The molecule has 0 N–H and O–H groups in total. The number of thiophene rings is 1. The molecule has 35 heavy (non-hydrogen) atoms. The minimum Gasteiger partial charge on any atom is -0.497 e. The van der Waals surface area contributed by atoms with Gasteiger partial charge >= 0.3 is 0 Å². The Balaban J connectivity index is 1.61. The van der Waals surface area contributed by atoms with Gasteiger partial charge in [0.2, 0.25) is 0 Å². The lowest BCUT2D eigenvalue weighted by atomic mass is 10.1. The van der Waals surface area contributed by atoms with E-state index in [-0.39, 0.29) is 5.56 Å². The van der Waals surface area contributed by atoms with E-state index in [9.17, 15) is 9.59 Å². The molecule has 2 aromatic carbocycles. The maximum absolute atomic E-state index is 13.7. The zero-order chi connectivity index (χ0) is 24.4. The van der Waals surface area contributed by atoms with Crippen LogP contribution in [0, 0.1) is 0 Å². The van der Waals surface area contributed by atoms with Gasteiger partial charge in [0.15, 0.2) is 5.16 Å². The van der Waals surface area contributed by atoms with Crippen LogP contribution in [0.1, 0.15) is 21.5 Å². The number of carbonyl (C=O) groups is 1. The van der Waals surface area contributed by atoms with E-state index in [1.165, 1.54) is 23.1 Å². The van der Waals surface area contributed by atoms with Crippen LogP contribution >= 0.6 is 23.1 Å². The molecule has 5 rings (SSSR count). The minimum absolute atomic E-state index is 0.107. The van der Waals surface area contributed by atoms with Crippen LogP contribution < -0.4 is 15.0 Å². The normalized spacial score (nSPS) is 11.1. The predicted molar refractivity (Wildman–Crippen MR) is 139 cm³/mol. The fraction of sp³-hybridized carbons (Fsp3) is 0.154. The summed E-state index contributed by atoms with van der Waals surface area (Å²) in [7, 11) is 3.22. The number of nitrogens with zero attached hydrogens (tertiary/aromatic N) is 3. The maximum atomic E-state index is 13.7. The van der Waals surface area contributed by atoms with Crippen molar-refractivity contribution in [3.05, 3.63) is 87.8 Å². The molecule has 0 aliphatic carbocycles. The third-order valence-corrected chi connectivity index (χ3v) is 7.73. The van der Waals surface area contributed by atoms with Gasteiger partial charge in [-0.15, -0.1) is 11.3 Å². The molecule has 176 valence electrons. The van der Waals surface area contributed by atoms with Gasteiger partial charge in [-0.05, 0) is 48.0 Å². The number of benzene rings is 2. The molecule has 0 saturated heterocycles. The van der Waals surface area contributed by atoms with E-state index >= 15 is 0 Å². The van der Waals surface area contributed by atoms with Crippen LogP contribution in [-0.2, 0) is 12.3 Å². The highest BCUT2D eigenvalue weighted by atomic mass is 32.2. The standard InChI is InChI=1S/C26H21N3O4S2/c1-32-19-8-5-16(6-9-19)13-29-25(31)23-22(20-4-3-11-27-24(20)35-23)28-26(29)34-15-18-12-17(14-30)7-10-21(18)33-2/h3-12,14H,13,15H2,1-2H3. The van der Waals surface area contributed by atoms with Crippen LogP contribution in [0.4, 0.5) is 0 Å². The van der Waals surface area contributed by atoms with Gasteiger partial charge in [-0.25, -0.2) is 9.97 Å². The first kappa shape index (κ1) is 23.1. The van der Waals surface area contributed by atoms with Crippen molar-refractivity contribution in [2.75, 3.05) is 14.2 Å². The lowest BCUT2D eigenvalue weighted by Gasteiger charge is -2.14. The van der Waals surface area contributed by atoms with E-state index < -0.39 is 0 Å². The van der Waals surface area contributed by atoms with E-state index in [0.29, 0.717) is 39.0 Å². The monoisotopic (exact) mass is 503 g/mol. The Bertz CT molecular complexity index is 1590. The Morgan fingerprint density at radius 2 is 1.91 bits per heavy atom. The van der Waals surface area contributed by atoms with Gasteiger partial charge in [0, 0.05) is 28.5 Å². The molecule has 3 aromatic heterocycles. The summed E-state index contributed by atoms with van der Waals surface area (Å²) in [6.45, 7) is 0.362. The summed E-state index contributed by atoms with van der Waals surface area (Å²) in [6.07, 6.45) is 2.53. The predicted octanol–water partition coefficient (Wildman–Crippen LogP) is 5.18. The molecule has 0 fully saturated rings. The Kier molecular flexibility index (Phi) is 6.52. The zero-order valence-corrected chi connectivity index (χ0v) is 20.7. The maximum Gasteiger partial charge on any atom is 0.272 e. The van der Waals surface area contributed by atoms with Gasteiger partial charge in [0.25, 0.3) is 5.56 Å². The minimum atomic E-state index is -0.107. The van der Waals surface area contributed by atoms with Crippen LogP contribution in [0.25, 0.3) is 20.4 Å². The topological polar surface area (TPSA) is 83.3 Å². The van der Waals surface area contributed by atoms with Crippen LogP contribution in [0.5, 0.6) is 11.5 Å². The average molecular weight is 504 g/mol. The molecule has 7 nitrogen and oxygen atoms in total. The summed E-state index contributed by atoms with van der Waals surface area (Å²) in [5.41, 5.74) is 2.92. The number of pyridine rings is 1. The fourth-order valence-electron chi connectivity index (χ4n) is 3.83. The molecule has 5 aromatic rings. The van der Waals surface area contributed by atoms with Gasteiger partial charge in [0.1, 0.15) is 27.3 Å². The Morgan fingerprint density at radius 1 is 1.09 bits per heavy atom. The van der Waals surface area contributed by atoms with Gasteiger partial charge < -0.3 is 9.47 Å². The molecule has 0 amide bonds. The molecule has 9 heteroatoms. The first-order chi connectivity index (χ1) is 17.1. The number of thioether (sulfide) groups is 1. The molecular weight excluding hydrogens is 482 g/mol. The van der Waals surface area contributed by atoms with Crippen molar-refractivity contribution in [3.8, 4) is 11.5 Å². The van der Waals surface area contributed by atoms with Crippen molar-refractivity contribution in [2.24, 2.45) is 0 Å². The summed E-state index contributed by atoms with van der Waals surface area (Å²) < 4.78 is 13.0. The lowest BCUT2D eigenvalue weighted by Crippen LogP contribution is -2.23. The van der Waals surface area contributed by atoms with Crippen LogP contribution in [0.15, 0.2) is 70.7 Å². The second kappa shape index (κ2) is 9.89. The average Bonchev–Trinajstić information content (AvgIpc) is 3.28. The molecule has 3 heterocycles. The number of hydrogen-bond donors (Lipinski definition) is 0. The van der Waals surface area contributed by atoms with Crippen molar-refractivity contribution in [2.45, 2.75) is 17.5 Å². The van der Waals surface area contributed by atoms with Crippen LogP contribution in [-0.4, -0.2) is 35.0 Å². The molecule has 0 radical (unpaired) electrons. The second-order valence-corrected chi connectivity index (χ2v) is 9.69. The number of ether oxygens (including phenoxy) is 2. The summed E-state index contributed by atoms with van der Waals surface area (Å²) in [6, 6.07) is 16.7. The van der Waals surface area contributed by atoms with Crippen LogP contribution in [0.2, 0.25) is 0 Å². The van der Waals surface area contributed by atoms with E-state index in [0.717, 1.165) is 33.4 Å². The van der Waals surface area contributed by atoms with Gasteiger partial charge in [-0.2, -0.15) is 0 Å². The molecule has 0 spiro atoms. The van der Waals surface area contributed by atoms with Gasteiger partial charge in [-0.1, -0.05) is 23.9 Å². The van der Waals surface area contributed by atoms with Crippen molar-refractivity contribution >= 4 is 49.8 Å². The third kappa shape index (κ3) is 4.52. The van der Waals surface area contributed by atoms with E-state index in [1.54, 1.807) is 43.2 Å². The van der Waals surface area contributed by atoms with Crippen LogP contribution in [0.3, 0.4) is 0 Å². The summed E-state index contributed by atoms with van der Waals surface area (Å²) >= 11 is 2.79. The number of methoxy groups -OCH3 is 2. The molecular formula is C26H21N3O4S2. The molecule has 0 aliphatic rings. The Hall–Kier alpha value is -3.69. The van der Waals surface area contributed by atoms with Crippen molar-refractivity contribution in [3.63, 3.8) is 0 Å². The van der Waals surface area contributed by atoms with Crippen molar-refractivity contribution in [1.29, 1.82) is 0 Å². The Labute approximate surface area is 209 Å². The summed E-state index contributed by atoms with van der Waals surface area (Å²) in [5, 5.41) is 1.45.